The van der Waals surface area contributed by atoms with Gasteiger partial charge >= 0.3 is 0 Å². The van der Waals surface area contributed by atoms with Gasteiger partial charge in [-0.15, -0.1) is 0 Å². The summed E-state index contributed by atoms with van der Waals surface area (Å²) >= 11 is 0. The van der Waals surface area contributed by atoms with Crippen molar-refractivity contribution in [2.75, 3.05) is 0 Å². The highest BCUT2D eigenvalue weighted by molar-refractivity contribution is 5.87. The van der Waals surface area contributed by atoms with Crippen LogP contribution in [0.4, 0.5) is 0 Å². The van der Waals surface area contributed by atoms with Crippen molar-refractivity contribution in [2.45, 2.75) is 32.2 Å². The highest BCUT2D eigenvalue weighted by Crippen LogP contribution is 2.30. The Morgan fingerprint density at radius 2 is 2.33 bits per heavy atom. The third kappa shape index (κ3) is 1.52. The first-order valence-corrected chi connectivity index (χ1v) is 3.55. The van der Waals surface area contributed by atoms with Gasteiger partial charge in [0.15, 0.2) is 5.78 Å². The van der Waals surface area contributed by atoms with Gasteiger partial charge in [0.1, 0.15) is 0 Å². The van der Waals surface area contributed by atoms with Crippen LogP contribution in [0.2, 0.25) is 0 Å². The third-order valence-electron chi connectivity index (χ3n) is 1.78. The first-order valence-electron chi connectivity index (χ1n) is 3.55. The van der Waals surface area contributed by atoms with Gasteiger partial charge in [-0.1, -0.05) is 6.92 Å². The van der Waals surface area contributed by atoms with Gasteiger partial charge in [-0.2, -0.15) is 0 Å². The van der Waals surface area contributed by atoms with Crippen molar-refractivity contribution in [3.8, 4) is 0 Å². The van der Waals surface area contributed by atoms with Gasteiger partial charge in [-0.05, 0) is 19.3 Å². The van der Waals surface area contributed by atoms with Crippen molar-refractivity contribution in [1.82, 2.24) is 0 Å². The molecule has 0 aromatic rings. The molecule has 9 heavy (non-hydrogen) atoms. The summed E-state index contributed by atoms with van der Waals surface area (Å²) in [5.74, 6) is 0.609. The van der Waals surface area contributed by atoms with E-state index in [1.165, 1.54) is 0 Å². The summed E-state index contributed by atoms with van der Waals surface area (Å²) in [6, 6.07) is -0.183. The summed E-state index contributed by atoms with van der Waals surface area (Å²) in [5.41, 5.74) is 5.51. The van der Waals surface area contributed by atoms with Crippen LogP contribution in [-0.4, -0.2) is 11.8 Å². The lowest BCUT2D eigenvalue weighted by atomic mass is 10.1. The molecule has 0 aromatic carbocycles. The van der Waals surface area contributed by atoms with E-state index in [0.717, 1.165) is 19.3 Å². The molecule has 1 rings (SSSR count). The van der Waals surface area contributed by atoms with Gasteiger partial charge in [-0.3, -0.25) is 4.79 Å². The summed E-state index contributed by atoms with van der Waals surface area (Å²) < 4.78 is 0. The van der Waals surface area contributed by atoms with Crippen molar-refractivity contribution in [1.29, 1.82) is 0 Å². The maximum absolute atomic E-state index is 11.0. The van der Waals surface area contributed by atoms with Crippen LogP contribution in [0.5, 0.6) is 0 Å². The summed E-state index contributed by atoms with van der Waals surface area (Å²) in [7, 11) is 0. The first-order chi connectivity index (χ1) is 4.25. The predicted octanol–water partition coefficient (Wildman–Crippen LogP) is 0.703. The number of hydrogen-bond acceptors (Lipinski definition) is 2. The highest BCUT2D eigenvalue weighted by atomic mass is 16.1. The summed E-state index contributed by atoms with van der Waals surface area (Å²) in [6.45, 7) is 1.95. The Kier molecular flexibility index (Phi) is 1.86. The van der Waals surface area contributed by atoms with E-state index >= 15 is 0 Å². The Bertz CT molecular complexity index is 118. The standard InChI is InChI=1S/C7H13NO/c1-2-6(8)7(9)5-3-4-5/h5-6H,2-4,8H2,1H3. The van der Waals surface area contributed by atoms with Crippen LogP contribution < -0.4 is 5.73 Å². The van der Waals surface area contributed by atoms with E-state index in [2.05, 4.69) is 0 Å². The second kappa shape index (κ2) is 2.48. The molecule has 1 atom stereocenters. The molecule has 0 radical (unpaired) electrons. The first kappa shape index (κ1) is 6.75. The summed E-state index contributed by atoms with van der Waals surface area (Å²) in [6.07, 6.45) is 2.94. The van der Waals surface area contributed by atoms with Gasteiger partial charge in [0, 0.05) is 5.92 Å². The minimum Gasteiger partial charge on any atom is -0.322 e. The fourth-order valence-corrected chi connectivity index (χ4v) is 0.872. The molecular formula is C7H13NO. The van der Waals surface area contributed by atoms with Crippen molar-refractivity contribution in [3.05, 3.63) is 0 Å². The molecule has 1 aliphatic carbocycles. The molecule has 2 heteroatoms. The molecule has 2 N–H and O–H groups in total. The molecule has 52 valence electrons. The van der Waals surface area contributed by atoms with Crippen molar-refractivity contribution < 1.29 is 4.79 Å². The van der Waals surface area contributed by atoms with E-state index in [0.29, 0.717) is 5.92 Å². The largest absolute Gasteiger partial charge is 0.322 e. The van der Waals surface area contributed by atoms with Crippen LogP contribution in [0.25, 0.3) is 0 Å². The van der Waals surface area contributed by atoms with E-state index in [-0.39, 0.29) is 11.8 Å². The maximum atomic E-state index is 11.0. The van der Waals surface area contributed by atoms with E-state index in [9.17, 15) is 4.79 Å². The Morgan fingerprint density at radius 3 is 2.67 bits per heavy atom. The third-order valence-corrected chi connectivity index (χ3v) is 1.78. The van der Waals surface area contributed by atoms with Crippen LogP contribution in [0.15, 0.2) is 0 Å². The Hall–Kier alpha value is -0.370. The Morgan fingerprint density at radius 1 is 1.78 bits per heavy atom. The van der Waals surface area contributed by atoms with Gasteiger partial charge in [0.25, 0.3) is 0 Å². The molecule has 1 aliphatic rings. The SMILES string of the molecule is CCC(N)C(=O)C1CC1. The van der Waals surface area contributed by atoms with Crippen molar-refractivity contribution in [3.63, 3.8) is 0 Å². The van der Waals surface area contributed by atoms with Crippen LogP contribution in [-0.2, 0) is 4.79 Å². The molecular weight excluding hydrogens is 114 g/mol. The zero-order chi connectivity index (χ0) is 6.85. The van der Waals surface area contributed by atoms with Gasteiger partial charge in [0.05, 0.1) is 6.04 Å². The molecule has 1 unspecified atom stereocenters. The average molecular weight is 127 g/mol. The van der Waals surface area contributed by atoms with Crippen LogP contribution in [0.3, 0.4) is 0 Å². The minimum atomic E-state index is -0.183. The molecule has 0 aromatic heterocycles. The zero-order valence-electron chi connectivity index (χ0n) is 5.76. The fraction of sp³-hybridized carbons (Fsp3) is 0.857. The smallest absolute Gasteiger partial charge is 0.152 e. The molecule has 1 saturated carbocycles. The monoisotopic (exact) mass is 127 g/mol. The van der Waals surface area contributed by atoms with Crippen LogP contribution in [0.1, 0.15) is 26.2 Å². The Balaban J connectivity index is 2.31. The quantitative estimate of drug-likeness (QED) is 0.606. The molecule has 0 spiro atoms. The van der Waals surface area contributed by atoms with E-state index < -0.39 is 0 Å². The number of ketones is 1. The minimum absolute atomic E-state index is 0.183. The summed E-state index contributed by atoms with van der Waals surface area (Å²) in [4.78, 5) is 11.0. The molecule has 1 fully saturated rings. The number of Topliss-reactive ketones (excluding diaryl/α,β-unsaturated/α-hetero) is 1. The van der Waals surface area contributed by atoms with Crippen LogP contribution >= 0.6 is 0 Å². The zero-order valence-corrected chi connectivity index (χ0v) is 5.76. The van der Waals surface area contributed by atoms with E-state index in [1.807, 2.05) is 6.92 Å². The molecule has 0 saturated heterocycles. The molecule has 0 bridgehead atoms. The van der Waals surface area contributed by atoms with E-state index in [1.54, 1.807) is 0 Å². The van der Waals surface area contributed by atoms with Crippen molar-refractivity contribution in [2.24, 2.45) is 11.7 Å². The second-order valence-electron chi connectivity index (χ2n) is 2.69. The molecule has 0 aliphatic heterocycles. The summed E-state index contributed by atoms with van der Waals surface area (Å²) in [5, 5.41) is 0. The van der Waals surface area contributed by atoms with Gasteiger partial charge < -0.3 is 5.73 Å². The van der Waals surface area contributed by atoms with Gasteiger partial charge in [0.2, 0.25) is 0 Å². The lowest BCUT2D eigenvalue weighted by molar-refractivity contribution is -0.121. The normalized spacial score (nSPS) is 21.6. The highest BCUT2D eigenvalue weighted by Gasteiger charge is 2.32. The lowest BCUT2D eigenvalue weighted by Gasteiger charge is -2.03. The number of carbonyl (C=O) groups excluding carboxylic acids is 1. The molecule has 2 nitrogen and oxygen atoms in total. The van der Waals surface area contributed by atoms with Gasteiger partial charge in [-0.25, -0.2) is 0 Å². The van der Waals surface area contributed by atoms with E-state index in [4.69, 9.17) is 5.73 Å². The molecule has 0 heterocycles. The second-order valence-corrected chi connectivity index (χ2v) is 2.69. The molecule has 0 amide bonds. The maximum Gasteiger partial charge on any atom is 0.152 e. The predicted molar refractivity (Wildman–Crippen MR) is 36.0 cm³/mol. The number of nitrogens with two attached hydrogens (primary N) is 1. The number of hydrogen-bond donors (Lipinski definition) is 1. The fourth-order valence-electron chi connectivity index (χ4n) is 0.872. The number of carbonyl (C=O) groups is 1. The number of rotatable bonds is 3. The average Bonchev–Trinajstić information content (AvgIpc) is 2.66. The lowest BCUT2D eigenvalue weighted by Crippen LogP contribution is -2.30. The van der Waals surface area contributed by atoms with Crippen LogP contribution in [0, 0.1) is 5.92 Å². The topological polar surface area (TPSA) is 43.1 Å². The Labute approximate surface area is 55.4 Å². The van der Waals surface area contributed by atoms with Crippen molar-refractivity contribution >= 4 is 5.78 Å².